The number of amides is 1. The van der Waals surface area contributed by atoms with E-state index in [0.29, 0.717) is 31.0 Å². The minimum absolute atomic E-state index is 0.0597. The topological polar surface area (TPSA) is 82.0 Å². The van der Waals surface area contributed by atoms with Crippen LogP contribution in [-0.4, -0.2) is 66.2 Å². The number of nitrogens with one attached hydrogen (secondary N) is 1. The van der Waals surface area contributed by atoms with Gasteiger partial charge in [-0.05, 0) is 94.9 Å². The summed E-state index contributed by atoms with van der Waals surface area (Å²) in [6, 6.07) is 15.5. The van der Waals surface area contributed by atoms with Crippen molar-refractivity contribution >= 4 is 29.3 Å². The Hall–Kier alpha value is -1.83. The Kier molecular flexibility index (Phi) is 10.3. The van der Waals surface area contributed by atoms with Crippen LogP contribution in [0.1, 0.15) is 57.6 Å². The van der Waals surface area contributed by atoms with Crippen molar-refractivity contribution in [1.29, 1.82) is 0 Å². The molecule has 2 aromatic carbocycles. The van der Waals surface area contributed by atoms with Gasteiger partial charge >= 0.3 is 6.09 Å². The lowest BCUT2D eigenvalue weighted by Gasteiger charge is -2.41. The van der Waals surface area contributed by atoms with E-state index >= 15 is 0 Å². The monoisotopic (exact) mass is 550 g/mol. The Bertz CT molecular complexity index is 992. The zero-order valence-corrected chi connectivity index (χ0v) is 23.6. The molecule has 2 aliphatic heterocycles. The number of piperidine rings is 2. The van der Waals surface area contributed by atoms with Crippen molar-refractivity contribution in [3.8, 4) is 0 Å². The first kappa shape index (κ1) is 29.7. The molecule has 3 N–H and O–H groups in total. The van der Waals surface area contributed by atoms with Crippen LogP contribution in [0.5, 0.6) is 0 Å². The number of ether oxygens (including phenoxy) is 1. The molecule has 0 unspecified atom stereocenters. The molecular weight excluding hydrogens is 511 g/mol. The second-order valence-electron chi connectivity index (χ2n) is 11.1. The van der Waals surface area contributed by atoms with Crippen LogP contribution in [0, 0.1) is 0 Å². The fourth-order valence-electron chi connectivity index (χ4n) is 5.03. The van der Waals surface area contributed by atoms with Gasteiger partial charge in [-0.2, -0.15) is 0 Å². The lowest BCUT2D eigenvalue weighted by atomic mass is 9.73. The smallest absolute Gasteiger partial charge is 0.410 e. The van der Waals surface area contributed by atoms with Crippen LogP contribution in [0.25, 0.3) is 0 Å². The summed E-state index contributed by atoms with van der Waals surface area (Å²) >= 11 is 11.8. The molecule has 6 nitrogen and oxygen atoms in total. The molecule has 0 spiro atoms. The molecule has 204 valence electrons. The maximum Gasteiger partial charge on any atom is 0.410 e. The van der Waals surface area contributed by atoms with Gasteiger partial charge in [-0.25, -0.2) is 4.79 Å². The largest absolute Gasteiger partial charge is 0.444 e. The van der Waals surface area contributed by atoms with Gasteiger partial charge in [0.2, 0.25) is 0 Å². The first-order valence-corrected chi connectivity index (χ1v) is 13.7. The minimum Gasteiger partial charge on any atom is -0.444 e. The van der Waals surface area contributed by atoms with Crippen molar-refractivity contribution < 1.29 is 19.7 Å². The van der Waals surface area contributed by atoms with Gasteiger partial charge in [0, 0.05) is 34.0 Å². The van der Waals surface area contributed by atoms with Gasteiger partial charge < -0.3 is 25.2 Å². The van der Waals surface area contributed by atoms with Crippen LogP contribution in [-0.2, 0) is 15.6 Å². The predicted molar refractivity (Wildman–Crippen MR) is 150 cm³/mol. The highest BCUT2D eigenvalue weighted by atomic mass is 35.5. The van der Waals surface area contributed by atoms with Crippen molar-refractivity contribution in [2.75, 3.05) is 39.4 Å². The molecule has 2 aromatic rings. The van der Waals surface area contributed by atoms with Crippen LogP contribution in [0.4, 0.5) is 4.79 Å². The van der Waals surface area contributed by atoms with Gasteiger partial charge in [-0.1, -0.05) is 47.5 Å². The molecule has 2 aliphatic rings. The number of aliphatic hydroxyl groups excluding tert-OH is 2. The van der Waals surface area contributed by atoms with E-state index in [1.165, 1.54) is 5.56 Å². The molecule has 0 radical (unpaired) electrons. The highest BCUT2D eigenvalue weighted by Crippen LogP contribution is 2.36. The summed E-state index contributed by atoms with van der Waals surface area (Å²) in [6.07, 6.45) is 3.13. The third-order valence-electron chi connectivity index (χ3n) is 7.45. The van der Waals surface area contributed by atoms with Gasteiger partial charge in [0.1, 0.15) is 5.60 Å². The zero-order chi connectivity index (χ0) is 27.1. The maximum atomic E-state index is 12.1. The lowest BCUT2D eigenvalue weighted by molar-refractivity contribution is 0.0123. The standard InChI is InChI=1S/C17H24ClNO3.C12H16ClNO/c1-16(2,3)22-15(21)19-10-8-17(12-20,9-11-19)13-4-6-14(18)7-5-13;13-11-3-1-10(2-4-11)12(9-15)5-7-14-8-6-12/h4-7,20H,8-12H2,1-3H3;1-4,14-15H,5-9H2. The van der Waals surface area contributed by atoms with Gasteiger partial charge in [-0.3, -0.25) is 0 Å². The Morgan fingerprint density at radius 3 is 1.62 bits per heavy atom. The van der Waals surface area contributed by atoms with Gasteiger partial charge in [-0.15, -0.1) is 0 Å². The molecule has 4 rings (SSSR count). The van der Waals surface area contributed by atoms with Crippen molar-refractivity contribution in [2.24, 2.45) is 0 Å². The number of hydrogen-bond acceptors (Lipinski definition) is 5. The van der Waals surface area contributed by atoms with Crippen molar-refractivity contribution in [1.82, 2.24) is 10.2 Å². The molecule has 0 aliphatic carbocycles. The molecule has 0 aromatic heterocycles. The Morgan fingerprint density at radius 1 is 0.838 bits per heavy atom. The molecular formula is C29H40Cl2N2O4. The highest BCUT2D eigenvalue weighted by Gasteiger charge is 2.38. The summed E-state index contributed by atoms with van der Waals surface area (Å²) in [5.74, 6) is 0. The van der Waals surface area contributed by atoms with Crippen LogP contribution >= 0.6 is 23.2 Å². The normalized spacial score (nSPS) is 18.9. The molecule has 1 amide bonds. The summed E-state index contributed by atoms with van der Waals surface area (Å²) in [4.78, 5) is 13.8. The van der Waals surface area contributed by atoms with E-state index < -0.39 is 5.60 Å². The summed E-state index contributed by atoms with van der Waals surface area (Å²) in [5.41, 5.74) is 1.43. The second kappa shape index (κ2) is 12.8. The van der Waals surface area contributed by atoms with Crippen LogP contribution in [0.2, 0.25) is 10.0 Å². The van der Waals surface area contributed by atoms with E-state index in [4.69, 9.17) is 27.9 Å². The third-order valence-corrected chi connectivity index (χ3v) is 7.96. The van der Waals surface area contributed by atoms with Gasteiger partial charge in [0.05, 0.1) is 13.2 Å². The SMILES string of the molecule is CC(C)(C)OC(=O)N1CCC(CO)(c2ccc(Cl)cc2)CC1.OCC1(c2ccc(Cl)cc2)CCNCC1. The average Bonchev–Trinajstić information content (AvgIpc) is 2.89. The zero-order valence-electron chi connectivity index (χ0n) is 22.1. The number of aliphatic hydroxyl groups is 2. The number of likely N-dealkylation sites (tertiary alicyclic amines) is 1. The summed E-state index contributed by atoms with van der Waals surface area (Å²) in [6.45, 7) is 8.98. The van der Waals surface area contributed by atoms with Crippen molar-refractivity contribution in [3.63, 3.8) is 0 Å². The molecule has 8 heteroatoms. The summed E-state index contributed by atoms with van der Waals surface area (Å²) in [7, 11) is 0. The summed E-state index contributed by atoms with van der Waals surface area (Å²) < 4.78 is 5.41. The van der Waals surface area contributed by atoms with Crippen molar-refractivity contribution in [3.05, 3.63) is 69.7 Å². The Labute approximate surface area is 230 Å². The summed E-state index contributed by atoms with van der Waals surface area (Å²) in [5, 5.41) is 24.3. The number of carbonyl (C=O) groups is 1. The number of carbonyl (C=O) groups excluding carboxylic acids is 1. The van der Waals surface area contributed by atoms with E-state index in [1.54, 1.807) is 4.90 Å². The first-order valence-electron chi connectivity index (χ1n) is 13.0. The van der Waals surface area contributed by atoms with Crippen LogP contribution in [0.3, 0.4) is 0 Å². The number of halogens is 2. The minimum atomic E-state index is -0.487. The quantitative estimate of drug-likeness (QED) is 0.464. The third kappa shape index (κ3) is 7.84. The number of hydrogen-bond donors (Lipinski definition) is 3. The van der Waals surface area contributed by atoms with Crippen molar-refractivity contribution in [2.45, 2.75) is 62.9 Å². The van der Waals surface area contributed by atoms with E-state index in [9.17, 15) is 15.0 Å². The molecule has 2 heterocycles. The van der Waals surface area contributed by atoms with Gasteiger partial charge in [0.15, 0.2) is 0 Å². The Balaban J connectivity index is 0.000000220. The number of nitrogens with zero attached hydrogens (tertiary/aromatic N) is 1. The molecule has 2 saturated heterocycles. The fraction of sp³-hybridized carbons (Fsp3) is 0.552. The lowest BCUT2D eigenvalue weighted by Crippen LogP contribution is -2.48. The fourth-order valence-corrected chi connectivity index (χ4v) is 5.28. The van der Waals surface area contributed by atoms with E-state index in [0.717, 1.165) is 36.5 Å². The first-order chi connectivity index (χ1) is 17.5. The predicted octanol–water partition coefficient (Wildman–Crippen LogP) is 5.55. The maximum absolute atomic E-state index is 12.1. The van der Waals surface area contributed by atoms with Gasteiger partial charge in [0.25, 0.3) is 0 Å². The molecule has 0 saturated carbocycles. The van der Waals surface area contributed by atoms with E-state index in [1.807, 2.05) is 69.3 Å². The molecule has 0 atom stereocenters. The molecule has 37 heavy (non-hydrogen) atoms. The Morgan fingerprint density at radius 2 is 1.24 bits per heavy atom. The van der Waals surface area contributed by atoms with Crippen LogP contribution in [0.15, 0.2) is 48.5 Å². The second-order valence-corrected chi connectivity index (χ2v) is 12.0. The molecule has 0 bridgehead atoms. The average molecular weight is 552 g/mol. The highest BCUT2D eigenvalue weighted by molar-refractivity contribution is 6.30. The number of benzene rings is 2. The van der Waals surface area contributed by atoms with E-state index in [-0.39, 0.29) is 30.1 Å². The van der Waals surface area contributed by atoms with Crippen LogP contribution < -0.4 is 5.32 Å². The van der Waals surface area contributed by atoms with E-state index in [2.05, 4.69) is 5.32 Å². The number of rotatable bonds is 4. The molecule has 2 fully saturated rings.